The van der Waals surface area contributed by atoms with Crippen LogP contribution in [0, 0.1) is 0 Å². The van der Waals surface area contributed by atoms with Crippen LogP contribution < -0.4 is 5.73 Å². The Morgan fingerprint density at radius 2 is 2.38 bits per heavy atom. The van der Waals surface area contributed by atoms with Gasteiger partial charge < -0.3 is 5.73 Å². The normalized spacial score (nSPS) is 14.7. The van der Waals surface area contributed by atoms with Gasteiger partial charge in [0.05, 0.1) is 0 Å². The van der Waals surface area contributed by atoms with E-state index in [0.717, 1.165) is 19.3 Å². The highest BCUT2D eigenvalue weighted by Gasteiger charge is 2.03. The largest absolute Gasteiger partial charge is 0.324 e. The van der Waals surface area contributed by atoms with Gasteiger partial charge in [-0.1, -0.05) is 17.2 Å². The summed E-state index contributed by atoms with van der Waals surface area (Å²) in [5, 5.41) is 0. The molecule has 0 saturated carbocycles. The summed E-state index contributed by atoms with van der Waals surface area (Å²) in [4.78, 5) is 1.13. The molecule has 0 aliphatic rings. The Kier molecular flexibility index (Phi) is 3.98. The highest BCUT2D eigenvalue weighted by Crippen LogP contribution is 2.33. The van der Waals surface area contributed by atoms with E-state index in [1.54, 1.807) is 11.3 Å². The molecule has 1 heterocycles. The van der Waals surface area contributed by atoms with E-state index in [0.29, 0.717) is 0 Å². The molecule has 0 bridgehead atoms. The zero-order chi connectivity index (χ0) is 10.0. The Bertz CT molecular complexity index is 311. The van der Waals surface area contributed by atoms with Gasteiger partial charge in [0.1, 0.15) is 4.34 Å². The fourth-order valence-corrected chi connectivity index (χ4v) is 2.54. The molecule has 1 rings (SSSR count). The summed E-state index contributed by atoms with van der Waals surface area (Å²) >= 11 is 10.8. The van der Waals surface area contributed by atoms with Crippen LogP contribution in [0.4, 0.5) is 0 Å². The van der Waals surface area contributed by atoms with Crippen LogP contribution in [0.3, 0.4) is 0 Å². The summed E-state index contributed by atoms with van der Waals surface area (Å²) in [7, 11) is 0. The van der Waals surface area contributed by atoms with Crippen molar-refractivity contribution in [3.05, 3.63) is 25.3 Å². The third-order valence-electron chi connectivity index (χ3n) is 1.75. The number of hydrogen-bond donors (Lipinski definition) is 1. The van der Waals surface area contributed by atoms with Gasteiger partial charge in [0.25, 0.3) is 0 Å². The maximum Gasteiger partial charge on any atom is 0.108 e. The van der Waals surface area contributed by atoms with Gasteiger partial charge in [-0.3, -0.25) is 0 Å². The van der Waals surface area contributed by atoms with Crippen LogP contribution in [0.1, 0.15) is 18.7 Å². The van der Waals surface area contributed by atoms with Crippen LogP contribution in [0.25, 0.3) is 6.08 Å². The SMILES string of the molecule is CC(=Cc1cc(Br)c(Cl)s1)C(C)N. The number of hydrogen-bond acceptors (Lipinski definition) is 2. The molecule has 1 unspecified atom stereocenters. The summed E-state index contributed by atoms with van der Waals surface area (Å²) in [6.45, 7) is 3.99. The van der Waals surface area contributed by atoms with E-state index in [1.807, 2.05) is 19.9 Å². The van der Waals surface area contributed by atoms with E-state index >= 15 is 0 Å². The summed E-state index contributed by atoms with van der Waals surface area (Å²) in [6.07, 6.45) is 2.06. The average molecular weight is 281 g/mol. The lowest BCUT2D eigenvalue weighted by Crippen LogP contribution is -2.15. The lowest BCUT2D eigenvalue weighted by atomic mass is 10.1. The van der Waals surface area contributed by atoms with E-state index in [9.17, 15) is 0 Å². The average Bonchev–Trinajstić information content (AvgIpc) is 2.31. The monoisotopic (exact) mass is 279 g/mol. The zero-order valence-corrected chi connectivity index (χ0v) is 10.6. The second-order valence-electron chi connectivity index (χ2n) is 2.95. The molecule has 0 spiro atoms. The maximum atomic E-state index is 5.90. The molecule has 0 aliphatic heterocycles. The van der Waals surface area contributed by atoms with Gasteiger partial charge in [-0.05, 0) is 41.9 Å². The highest BCUT2D eigenvalue weighted by molar-refractivity contribution is 9.10. The van der Waals surface area contributed by atoms with Gasteiger partial charge in [-0.2, -0.15) is 0 Å². The van der Waals surface area contributed by atoms with Crippen LogP contribution in [-0.4, -0.2) is 6.04 Å². The Morgan fingerprint density at radius 3 is 2.77 bits per heavy atom. The second-order valence-corrected chi connectivity index (χ2v) is 5.49. The standard InChI is InChI=1S/C9H11BrClNS/c1-5(6(2)12)3-7-4-8(10)9(11)13-7/h3-4,6H,12H2,1-2H3. The van der Waals surface area contributed by atoms with Crippen molar-refractivity contribution in [3.8, 4) is 0 Å². The van der Waals surface area contributed by atoms with Crippen molar-refractivity contribution in [2.24, 2.45) is 5.73 Å². The molecule has 0 saturated heterocycles. The molecule has 0 amide bonds. The van der Waals surface area contributed by atoms with E-state index < -0.39 is 0 Å². The van der Waals surface area contributed by atoms with E-state index in [-0.39, 0.29) is 6.04 Å². The predicted octanol–water partition coefficient (Wildman–Crippen LogP) is 3.91. The molecule has 1 atom stereocenters. The fraction of sp³-hybridized carbons (Fsp3) is 0.333. The summed E-state index contributed by atoms with van der Waals surface area (Å²) in [6, 6.07) is 2.10. The highest BCUT2D eigenvalue weighted by atomic mass is 79.9. The van der Waals surface area contributed by atoms with Crippen molar-refractivity contribution in [2.45, 2.75) is 19.9 Å². The van der Waals surface area contributed by atoms with Crippen molar-refractivity contribution >= 4 is 44.9 Å². The summed E-state index contributed by atoms with van der Waals surface area (Å²) < 4.78 is 1.73. The van der Waals surface area contributed by atoms with Crippen LogP contribution in [0.15, 0.2) is 16.1 Å². The van der Waals surface area contributed by atoms with Crippen LogP contribution in [0.2, 0.25) is 4.34 Å². The number of halogens is 2. The van der Waals surface area contributed by atoms with Crippen molar-refractivity contribution in [1.82, 2.24) is 0 Å². The van der Waals surface area contributed by atoms with Crippen LogP contribution in [-0.2, 0) is 0 Å². The molecule has 0 aliphatic carbocycles. The Morgan fingerprint density at radius 1 is 1.77 bits per heavy atom. The molecule has 0 fully saturated rings. The molecule has 1 aromatic heterocycles. The van der Waals surface area contributed by atoms with Gasteiger partial charge in [0.15, 0.2) is 0 Å². The third-order valence-corrected chi connectivity index (χ3v) is 4.17. The van der Waals surface area contributed by atoms with Gasteiger partial charge in [0.2, 0.25) is 0 Å². The first-order valence-electron chi connectivity index (χ1n) is 3.89. The molecule has 2 N–H and O–H groups in total. The molecule has 4 heteroatoms. The molecule has 1 nitrogen and oxygen atoms in total. The molecule has 0 radical (unpaired) electrons. The summed E-state index contributed by atoms with van der Waals surface area (Å²) in [5.74, 6) is 0. The molecular formula is C9H11BrClNS. The van der Waals surface area contributed by atoms with Crippen LogP contribution >= 0.6 is 38.9 Å². The Balaban J connectivity index is 2.91. The minimum absolute atomic E-state index is 0.0969. The second kappa shape index (κ2) is 4.60. The van der Waals surface area contributed by atoms with Gasteiger partial charge >= 0.3 is 0 Å². The lowest BCUT2D eigenvalue weighted by molar-refractivity contribution is 0.868. The first-order valence-corrected chi connectivity index (χ1v) is 5.88. The molecule has 72 valence electrons. The lowest BCUT2D eigenvalue weighted by Gasteiger charge is -2.03. The van der Waals surface area contributed by atoms with Crippen molar-refractivity contribution in [1.29, 1.82) is 0 Å². The molecule has 13 heavy (non-hydrogen) atoms. The quantitative estimate of drug-likeness (QED) is 0.873. The van der Waals surface area contributed by atoms with E-state index in [1.165, 1.54) is 0 Å². The third kappa shape index (κ3) is 3.09. The van der Waals surface area contributed by atoms with Crippen molar-refractivity contribution < 1.29 is 0 Å². The number of nitrogens with two attached hydrogens (primary N) is 1. The first-order chi connectivity index (χ1) is 6.00. The fourth-order valence-electron chi connectivity index (χ4n) is 0.790. The Hall–Kier alpha value is 0.170. The van der Waals surface area contributed by atoms with Gasteiger partial charge in [0, 0.05) is 15.4 Å². The number of rotatable bonds is 2. The summed E-state index contributed by atoms with van der Waals surface area (Å²) in [5.41, 5.74) is 6.88. The minimum Gasteiger partial charge on any atom is -0.324 e. The van der Waals surface area contributed by atoms with Gasteiger partial charge in [-0.15, -0.1) is 11.3 Å². The first kappa shape index (κ1) is 11.2. The molecule has 1 aromatic rings. The predicted molar refractivity (Wildman–Crippen MR) is 64.3 cm³/mol. The van der Waals surface area contributed by atoms with E-state index in [2.05, 4.69) is 22.0 Å². The van der Waals surface area contributed by atoms with Crippen LogP contribution in [0.5, 0.6) is 0 Å². The zero-order valence-electron chi connectivity index (χ0n) is 7.47. The molecule has 0 aromatic carbocycles. The van der Waals surface area contributed by atoms with Crippen molar-refractivity contribution in [3.63, 3.8) is 0 Å². The molecular weight excluding hydrogens is 270 g/mol. The van der Waals surface area contributed by atoms with Crippen molar-refractivity contribution in [2.75, 3.05) is 0 Å². The minimum atomic E-state index is 0.0969. The number of thiophene rings is 1. The van der Waals surface area contributed by atoms with Gasteiger partial charge in [-0.25, -0.2) is 0 Å². The topological polar surface area (TPSA) is 26.0 Å². The smallest absolute Gasteiger partial charge is 0.108 e. The van der Waals surface area contributed by atoms with E-state index in [4.69, 9.17) is 17.3 Å². The Labute approximate surface area is 95.7 Å². The maximum absolute atomic E-state index is 5.90.